The van der Waals surface area contributed by atoms with Crippen molar-refractivity contribution in [2.75, 3.05) is 0 Å². The van der Waals surface area contributed by atoms with E-state index in [1.54, 1.807) is 18.2 Å². The molecule has 1 aromatic carbocycles. The normalized spacial score (nSPS) is 10.4. The lowest BCUT2D eigenvalue weighted by molar-refractivity contribution is 0.111. The maximum absolute atomic E-state index is 10.5. The van der Waals surface area contributed by atoms with Gasteiger partial charge in [0.1, 0.15) is 5.15 Å². The first-order valence-electron chi connectivity index (χ1n) is 3.78. The first-order chi connectivity index (χ1) is 6.70. The van der Waals surface area contributed by atoms with Crippen LogP contribution in [0.5, 0.6) is 0 Å². The fourth-order valence-corrected chi connectivity index (χ4v) is 1.55. The van der Waals surface area contributed by atoms with Crippen LogP contribution in [-0.2, 0) is 0 Å². The van der Waals surface area contributed by atoms with Crippen LogP contribution in [0.3, 0.4) is 0 Å². The molecule has 0 N–H and O–H groups in total. The van der Waals surface area contributed by atoms with Crippen LogP contribution in [0.4, 0.5) is 0 Å². The van der Waals surface area contributed by atoms with E-state index in [9.17, 15) is 4.79 Å². The molecule has 3 nitrogen and oxygen atoms in total. The number of halogens is 2. The van der Waals surface area contributed by atoms with Crippen LogP contribution in [0.2, 0.25) is 10.2 Å². The highest BCUT2D eigenvalue weighted by Crippen LogP contribution is 2.22. The first kappa shape index (κ1) is 9.37. The van der Waals surface area contributed by atoms with Gasteiger partial charge in [0, 0.05) is 10.4 Å². The highest BCUT2D eigenvalue weighted by atomic mass is 35.5. The molecule has 0 amide bonds. The molecule has 0 aliphatic rings. The molecule has 0 aliphatic heterocycles. The van der Waals surface area contributed by atoms with E-state index in [2.05, 4.69) is 9.97 Å². The maximum atomic E-state index is 10.5. The van der Waals surface area contributed by atoms with Crippen LogP contribution in [0.15, 0.2) is 18.2 Å². The zero-order chi connectivity index (χ0) is 10.1. The van der Waals surface area contributed by atoms with E-state index in [1.165, 1.54) is 0 Å². The Morgan fingerprint density at radius 2 is 2.00 bits per heavy atom. The molecule has 0 saturated heterocycles. The quantitative estimate of drug-likeness (QED) is 0.555. The monoisotopic (exact) mass is 226 g/mol. The van der Waals surface area contributed by atoms with E-state index in [0.29, 0.717) is 22.2 Å². The van der Waals surface area contributed by atoms with E-state index in [0.717, 1.165) is 0 Å². The maximum Gasteiger partial charge on any atom is 0.194 e. The number of nitrogens with zero attached hydrogens (tertiary/aromatic N) is 2. The fraction of sp³-hybridized carbons (Fsp3) is 0. The molecule has 0 saturated carbocycles. The van der Waals surface area contributed by atoms with E-state index in [1.807, 2.05) is 0 Å². The predicted octanol–water partition coefficient (Wildman–Crippen LogP) is 2.75. The summed E-state index contributed by atoms with van der Waals surface area (Å²) < 4.78 is 0. The van der Waals surface area contributed by atoms with Crippen molar-refractivity contribution in [2.24, 2.45) is 0 Å². The molecule has 2 rings (SSSR count). The Hall–Kier alpha value is -1.19. The summed E-state index contributed by atoms with van der Waals surface area (Å²) in [6.45, 7) is 0. The molecule has 70 valence electrons. The average Bonchev–Trinajstić information content (AvgIpc) is 2.16. The van der Waals surface area contributed by atoms with Gasteiger partial charge in [-0.1, -0.05) is 23.2 Å². The zero-order valence-electron chi connectivity index (χ0n) is 6.87. The molecule has 0 bridgehead atoms. The van der Waals surface area contributed by atoms with Crippen molar-refractivity contribution in [3.8, 4) is 0 Å². The molecule has 0 radical (unpaired) electrons. The lowest BCUT2D eigenvalue weighted by Gasteiger charge is -2.00. The minimum atomic E-state index is 0.0600. The second-order valence-corrected chi connectivity index (χ2v) is 3.45. The summed E-state index contributed by atoms with van der Waals surface area (Å²) in [4.78, 5) is 18.2. The molecule has 0 aliphatic carbocycles. The van der Waals surface area contributed by atoms with Gasteiger partial charge in [-0.05, 0) is 18.2 Å². The summed E-state index contributed by atoms with van der Waals surface area (Å²) in [5, 5.41) is 1.49. The highest BCUT2D eigenvalue weighted by molar-refractivity contribution is 6.35. The van der Waals surface area contributed by atoms with E-state index < -0.39 is 0 Å². The van der Waals surface area contributed by atoms with Crippen LogP contribution < -0.4 is 0 Å². The third kappa shape index (κ3) is 1.56. The first-order valence-corrected chi connectivity index (χ1v) is 4.54. The Morgan fingerprint density at radius 3 is 2.71 bits per heavy atom. The topological polar surface area (TPSA) is 42.9 Å². The smallest absolute Gasteiger partial charge is 0.194 e. The number of hydrogen-bond acceptors (Lipinski definition) is 3. The summed E-state index contributed by atoms with van der Waals surface area (Å²) in [5.41, 5.74) is 0.569. The molecular weight excluding hydrogens is 223 g/mol. The molecule has 1 heterocycles. The minimum Gasteiger partial charge on any atom is -0.294 e. The molecule has 5 heteroatoms. The lowest BCUT2D eigenvalue weighted by Crippen LogP contribution is -1.94. The molecule has 1 aromatic heterocycles. The molecule has 0 unspecified atom stereocenters. The zero-order valence-corrected chi connectivity index (χ0v) is 8.38. The van der Waals surface area contributed by atoms with Crippen molar-refractivity contribution in [1.82, 2.24) is 9.97 Å². The number of benzene rings is 1. The van der Waals surface area contributed by atoms with Gasteiger partial charge in [-0.25, -0.2) is 9.97 Å². The average molecular weight is 227 g/mol. The van der Waals surface area contributed by atoms with Crippen LogP contribution >= 0.6 is 23.2 Å². The van der Waals surface area contributed by atoms with Gasteiger partial charge < -0.3 is 0 Å². The second kappa shape index (κ2) is 3.52. The van der Waals surface area contributed by atoms with Gasteiger partial charge in [0.05, 0.1) is 5.52 Å². The Balaban J connectivity index is 2.83. The molecular formula is C9H4Cl2N2O. The lowest BCUT2D eigenvalue weighted by atomic mass is 10.2. The number of fused-ring (bicyclic) bond motifs is 1. The van der Waals surface area contributed by atoms with Crippen molar-refractivity contribution in [3.63, 3.8) is 0 Å². The molecule has 14 heavy (non-hydrogen) atoms. The van der Waals surface area contributed by atoms with Crippen molar-refractivity contribution in [1.29, 1.82) is 0 Å². The Kier molecular flexibility index (Phi) is 2.35. The number of carbonyl (C=O) groups excluding carboxylic acids is 1. The fourth-order valence-electron chi connectivity index (χ4n) is 1.13. The van der Waals surface area contributed by atoms with Crippen LogP contribution in [0.25, 0.3) is 10.9 Å². The summed E-state index contributed by atoms with van der Waals surface area (Å²) in [7, 11) is 0. The number of aldehydes is 1. The number of carbonyl (C=O) groups is 1. The molecule has 0 spiro atoms. The molecule has 2 aromatic rings. The number of hydrogen-bond donors (Lipinski definition) is 0. The Labute approximate surface area is 89.7 Å². The van der Waals surface area contributed by atoms with Gasteiger partial charge in [-0.15, -0.1) is 0 Å². The van der Waals surface area contributed by atoms with Crippen LogP contribution in [0, 0.1) is 0 Å². The van der Waals surface area contributed by atoms with Gasteiger partial charge >= 0.3 is 0 Å². The van der Waals surface area contributed by atoms with Crippen LogP contribution in [-0.4, -0.2) is 16.3 Å². The third-order valence-electron chi connectivity index (χ3n) is 1.74. The molecule has 0 atom stereocenters. The third-order valence-corrected chi connectivity index (χ3v) is 2.26. The van der Waals surface area contributed by atoms with Crippen molar-refractivity contribution < 1.29 is 4.79 Å². The number of rotatable bonds is 1. The summed E-state index contributed by atoms with van der Waals surface area (Å²) in [6.07, 6.45) is 0.548. The van der Waals surface area contributed by atoms with E-state index in [-0.39, 0.29) is 11.0 Å². The van der Waals surface area contributed by atoms with Crippen molar-refractivity contribution in [2.45, 2.75) is 0 Å². The van der Waals surface area contributed by atoms with E-state index >= 15 is 0 Å². The van der Waals surface area contributed by atoms with Gasteiger partial charge in [-0.2, -0.15) is 0 Å². The van der Waals surface area contributed by atoms with E-state index in [4.69, 9.17) is 23.2 Å². The van der Waals surface area contributed by atoms with Crippen molar-refractivity contribution >= 4 is 40.4 Å². The second-order valence-electron chi connectivity index (χ2n) is 2.65. The van der Waals surface area contributed by atoms with Gasteiger partial charge in [0.15, 0.2) is 12.1 Å². The van der Waals surface area contributed by atoms with Crippen molar-refractivity contribution in [3.05, 3.63) is 34.2 Å². The standard InChI is InChI=1S/C9H4Cl2N2O/c10-5-1-2-6-7(3-5)12-8(4-14)13-9(6)11/h1-4H. The number of aromatic nitrogens is 2. The summed E-state index contributed by atoms with van der Waals surface area (Å²) in [5.74, 6) is 0.0600. The van der Waals surface area contributed by atoms with Gasteiger partial charge in [-0.3, -0.25) is 4.79 Å². The predicted molar refractivity (Wildman–Crippen MR) is 54.9 cm³/mol. The largest absolute Gasteiger partial charge is 0.294 e. The summed E-state index contributed by atoms with van der Waals surface area (Å²) in [6, 6.07) is 5.05. The van der Waals surface area contributed by atoms with Gasteiger partial charge in [0.2, 0.25) is 0 Å². The highest BCUT2D eigenvalue weighted by Gasteiger charge is 2.05. The SMILES string of the molecule is O=Cc1nc(Cl)c2ccc(Cl)cc2n1. The van der Waals surface area contributed by atoms with Crippen LogP contribution in [0.1, 0.15) is 10.6 Å². The summed E-state index contributed by atoms with van der Waals surface area (Å²) >= 11 is 11.6. The van der Waals surface area contributed by atoms with Gasteiger partial charge in [0.25, 0.3) is 0 Å². The Morgan fingerprint density at radius 1 is 1.21 bits per heavy atom. The Bertz CT molecular complexity index is 513. The molecule has 0 fully saturated rings. The minimum absolute atomic E-state index is 0.0600.